The Balaban J connectivity index is 2.04. The van der Waals surface area contributed by atoms with E-state index in [2.05, 4.69) is 5.32 Å². The van der Waals surface area contributed by atoms with Crippen LogP contribution in [0.4, 0.5) is 5.69 Å². The molecule has 1 aliphatic carbocycles. The first kappa shape index (κ1) is 25.5. The van der Waals surface area contributed by atoms with Crippen LogP contribution < -0.4 is 11.1 Å². The number of nitrogens with one attached hydrogen (secondary N) is 1. The highest BCUT2D eigenvalue weighted by Crippen LogP contribution is 2.40. The second-order valence-electron chi connectivity index (χ2n) is 8.09. The van der Waals surface area contributed by atoms with E-state index in [0.29, 0.717) is 25.7 Å². The van der Waals surface area contributed by atoms with Crippen LogP contribution in [0.5, 0.6) is 0 Å². The summed E-state index contributed by atoms with van der Waals surface area (Å²) in [4.78, 5) is 52.7. The van der Waals surface area contributed by atoms with Crippen molar-refractivity contribution in [1.29, 1.82) is 0 Å². The third-order valence-corrected chi connectivity index (χ3v) is 5.85. The summed E-state index contributed by atoms with van der Waals surface area (Å²) in [5.74, 6) is -2.87. The quantitative estimate of drug-likeness (QED) is 0.309. The number of ether oxygens (including phenoxy) is 2. The number of nitro groups is 1. The molecule has 2 aliphatic rings. The van der Waals surface area contributed by atoms with E-state index in [1.807, 2.05) is 0 Å². The molecule has 3 rings (SSSR count). The maximum atomic E-state index is 13.4. The van der Waals surface area contributed by atoms with Crippen molar-refractivity contribution in [2.45, 2.75) is 57.7 Å². The highest BCUT2D eigenvalue weighted by Gasteiger charge is 2.41. The van der Waals surface area contributed by atoms with Crippen molar-refractivity contribution in [2.75, 3.05) is 6.61 Å². The van der Waals surface area contributed by atoms with E-state index in [1.165, 1.54) is 24.3 Å². The Bertz CT molecular complexity index is 1100. The van der Waals surface area contributed by atoms with Gasteiger partial charge in [-0.1, -0.05) is 18.6 Å². The average molecular weight is 490 g/mol. The Hall–Kier alpha value is -4.16. The normalized spacial score (nSPS) is 22.2. The number of carbonyl (C=O) groups is 2. The molecular weight excluding hydrogens is 464 g/mol. The van der Waals surface area contributed by atoms with Crippen LogP contribution in [0, 0.1) is 20.2 Å². The minimum Gasteiger partial charge on any atom is -0.463 e. The van der Waals surface area contributed by atoms with Crippen molar-refractivity contribution in [3.63, 3.8) is 0 Å². The van der Waals surface area contributed by atoms with Crippen molar-refractivity contribution in [2.24, 2.45) is 5.73 Å². The summed E-state index contributed by atoms with van der Waals surface area (Å²) in [7, 11) is 0. The topological polar surface area (TPSA) is 186 Å². The maximum absolute atomic E-state index is 13.4. The molecule has 0 radical (unpaired) electrons. The zero-order valence-corrected chi connectivity index (χ0v) is 19.2. The summed E-state index contributed by atoms with van der Waals surface area (Å²) in [6, 6.07) is 5.46. The van der Waals surface area contributed by atoms with Gasteiger partial charge in [0.1, 0.15) is 18.0 Å². The molecule has 35 heavy (non-hydrogen) atoms. The molecule has 1 aliphatic heterocycles. The summed E-state index contributed by atoms with van der Waals surface area (Å²) in [5, 5.41) is 24.1. The number of nitrogens with two attached hydrogens (primary N) is 1. The predicted molar refractivity (Wildman–Crippen MR) is 120 cm³/mol. The number of carbonyl (C=O) groups excluding carboxylic acids is 2. The summed E-state index contributed by atoms with van der Waals surface area (Å²) >= 11 is 0. The van der Waals surface area contributed by atoms with Crippen molar-refractivity contribution >= 4 is 17.6 Å². The molecule has 0 saturated heterocycles. The van der Waals surface area contributed by atoms with Gasteiger partial charge in [-0.3, -0.25) is 10.1 Å². The zero-order chi connectivity index (χ0) is 25.7. The number of nitro benzene ring substituents is 1. The molecule has 3 atom stereocenters. The summed E-state index contributed by atoms with van der Waals surface area (Å²) in [6.45, 7) is 3.17. The average Bonchev–Trinajstić information content (AvgIpc) is 2.79. The lowest BCUT2D eigenvalue weighted by atomic mass is 9.81. The fraction of sp³-hybridized carbons (Fsp3) is 0.455. The van der Waals surface area contributed by atoms with Crippen LogP contribution in [0.2, 0.25) is 0 Å². The van der Waals surface area contributed by atoms with Gasteiger partial charge in [-0.25, -0.2) is 9.59 Å². The Morgan fingerprint density at radius 2 is 1.80 bits per heavy atom. The number of hydrogen-bond donors (Lipinski definition) is 2. The summed E-state index contributed by atoms with van der Waals surface area (Å²) < 4.78 is 10.8. The standard InChI is InChI=1S/C22H26N4O9/c1-3-33-21(27)19-18(13-7-6-8-14(11-13)25(29)30)17(12(2)24-20(19)23)22(28)34-15-9-4-5-10-16(15)35-26(31)32/h6-8,11,15-16,18,24H,3-5,9-10,23H2,1-2H3. The summed E-state index contributed by atoms with van der Waals surface area (Å²) in [5.41, 5.74) is 6.24. The SMILES string of the molecule is CCOC(=O)C1=C(N)NC(C)=C(C(=O)OC2CCCCC2O[N+](=O)[O-])C1c1cccc([N+](=O)[O-])c1. The van der Waals surface area contributed by atoms with Crippen LogP contribution in [-0.4, -0.2) is 40.8 Å². The van der Waals surface area contributed by atoms with Crippen LogP contribution in [0.1, 0.15) is 51.0 Å². The first-order valence-electron chi connectivity index (χ1n) is 11.0. The highest BCUT2D eigenvalue weighted by molar-refractivity contribution is 6.00. The molecule has 13 nitrogen and oxygen atoms in total. The lowest BCUT2D eigenvalue weighted by Gasteiger charge is -2.33. The number of rotatable bonds is 8. The number of dihydropyridines is 1. The van der Waals surface area contributed by atoms with Crippen LogP contribution >= 0.6 is 0 Å². The molecule has 1 heterocycles. The van der Waals surface area contributed by atoms with Gasteiger partial charge in [0.2, 0.25) is 0 Å². The number of non-ortho nitro benzene ring substituents is 1. The molecule has 1 aromatic carbocycles. The molecule has 0 spiro atoms. The number of allylic oxidation sites excluding steroid dienone is 1. The molecule has 0 bridgehead atoms. The van der Waals surface area contributed by atoms with Crippen LogP contribution in [0.3, 0.4) is 0 Å². The zero-order valence-electron chi connectivity index (χ0n) is 19.2. The molecule has 0 amide bonds. The lowest BCUT2D eigenvalue weighted by Crippen LogP contribution is -2.40. The first-order chi connectivity index (χ1) is 16.6. The molecule has 1 fully saturated rings. The van der Waals surface area contributed by atoms with Crippen LogP contribution in [0.25, 0.3) is 0 Å². The Morgan fingerprint density at radius 3 is 2.43 bits per heavy atom. The van der Waals surface area contributed by atoms with Gasteiger partial charge in [-0.05, 0) is 38.7 Å². The second-order valence-corrected chi connectivity index (χ2v) is 8.09. The lowest BCUT2D eigenvalue weighted by molar-refractivity contribution is -0.771. The van der Waals surface area contributed by atoms with E-state index in [-0.39, 0.29) is 40.5 Å². The van der Waals surface area contributed by atoms with Gasteiger partial charge in [0.15, 0.2) is 0 Å². The minimum atomic E-state index is -1.14. The van der Waals surface area contributed by atoms with E-state index in [0.717, 1.165) is 0 Å². The molecular formula is C22H26N4O9. The van der Waals surface area contributed by atoms with Crippen LogP contribution in [0.15, 0.2) is 46.9 Å². The van der Waals surface area contributed by atoms with E-state index >= 15 is 0 Å². The highest BCUT2D eigenvalue weighted by atomic mass is 17.0. The third-order valence-electron chi connectivity index (χ3n) is 5.85. The Morgan fingerprint density at radius 1 is 1.11 bits per heavy atom. The van der Waals surface area contributed by atoms with Crippen molar-refractivity contribution in [1.82, 2.24) is 5.32 Å². The van der Waals surface area contributed by atoms with Gasteiger partial charge in [-0.2, -0.15) is 0 Å². The maximum Gasteiger partial charge on any atom is 0.338 e. The van der Waals surface area contributed by atoms with Gasteiger partial charge in [0, 0.05) is 17.8 Å². The van der Waals surface area contributed by atoms with Gasteiger partial charge in [-0.15, -0.1) is 10.1 Å². The van der Waals surface area contributed by atoms with Crippen LogP contribution in [-0.2, 0) is 23.9 Å². The smallest absolute Gasteiger partial charge is 0.338 e. The monoisotopic (exact) mass is 490 g/mol. The minimum absolute atomic E-state index is 0.0202. The predicted octanol–water partition coefficient (Wildman–Crippen LogP) is 2.35. The van der Waals surface area contributed by atoms with E-state index in [1.54, 1.807) is 13.8 Å². The fourth-order valence-electron chi connectivity index (χ4n) is 4.34. The third kappa shape index (κ3) is 5.67. The number of esters is 2. The first-order valence-corrected chi connectivity index (χ1v) is 11.0. The van der Waals surface area contributed by atoms with Crippen molar-refractivity contribution < 1.29 is 33.9 Å². The molecule has 13 heteroatoms. The largest absolute Gasteiger partial charge is 0.463 e. The van der Waals surface area contributed by atoms with Gasteiger partial charge in [0.05, 0.1) is 28.6 Å². The Kier molecular flexibility index (Phi) is 7.89. The second kappa shape index (κ2) is 10.8. The number of nitrogens with zero attached hydrogens (tertiary/aromatic N) is 2. The van der Waals surface area contributed by atoms with Crippen molar-refractivity contribution in [3.8, 4) is 0 Å². The molecule has 188 valence electrons. The van der Waals surface area contributed by atoms with E-state index in [4.69, 9.17) is 20.0 Å². The molecule has 3 N–H and O–H groups in total. The van der Waals surface area contributed by atoms with Crippen molar-refractivity contribution in [3.05, 3.63) is 72.7 Å². The molecule has 3 unspecified atom stereocenters. The van der Waals surface area contributed by atoms with Gasteiger partial charge < -0.3 is 25.4 Å². The van der Waals surface area contributed by atoms with Gasteiger partial charge >= 0.3 is 11.9 Å². The molecule has 0 aromatic heterocycles. The van der Waals surface area contributed by atoms with E-state index < -0.39 is 40.1 Å². The van der Waals surface area contributed by atoms with Gasteiger partial charge in [0.25, 0.3) is 10.8 Å². The summed E-state index contributed by atoms with van der Waals surface area (Å²) in [6.07, 6.45) is 0.238. The number of hydrogen-bond acceptors (Lipinski definition) is 11. The molecule has 1 saturated carbocycles. The van der Waals surface area contributed by atoms with E-state index in [9.17, 15) is 29.8 Å². The fourth-order valence-corrected chi connectivity index (χ4v) is 4.34. The number of benzene rings is 1. The Labute approximate surface area is 200 Å². The molecule has 1 aromatic rings.